The molecule has 0 saturated heterocycles. The molecule has 0 aromatic rings. The molecule has 56 heavy (non-hydrogen) atoms. The van der Waals surface area contributed by atoms with E-state index in [1.807, 2.05) is 12.2 Å². The topological polar surface area (TPSA) is 169 Å². The first-order valence-electron chi connectivity index (χ1n) is 21.0. The molecule has 0 spiro atoms. The summed E-state index contributed by atoms with van der Waals surface area (Å²) in [4.78, 5) is 35.0. The number of ether oxygens (including phenoxy) is 2. The molecule has 0 aliphatic rings. The minimum Gasteiger partial charge on any atom is -0.462 e. The van der Waals surface area contributed by atoms with Gasteiger partial charge in [-0.2, -0.15) is 0 Å². The van der Waals surface area contributed by atoms with Crippen molar-refractivity contribution >= 4 is 19.8 Å². The molecule has 11 nitrogen and oxygen atoms in total. The van der Waals surface area contributed by atoms with Gasteiger partial charge in [0, 0.05) is 12.8 Å². The number of unbranched alkanes of at least 4 members (excludes halogenated alkanes) is 11. The third-order valence-electron chi connectivity index (χ3n) is 8.44. The Labute approximate surface area is 338 Å². The highest BCUT2D eigenvalue weighted by Gasteiger charge is 2.27. The number of carbonyl (C=O) groups is 2. The fraction of sp³-hybridized carbons (Fsp3) is 0.682. The van der Waals surface area contributed by atoms with Crippen LogP contribution in [0.25, 0.3) is 0 Å². The summed E-state index contributed by atoms with van der Waals surface area (Å²) in [6, 6.07) is 0. The van der Waals surface area contributed by atoms with Gasteiger partial charge in [0.15, 0.2) is 6.10 Å². The molecule has 0 fully saturated rings. The number of allylic oxidation sites excluding steroid dienone is 11. The van der Waals surface area contributed by atoms with Crippen LogP contribution < -0.4 is 0 Å². The Kier molecular flexibility index (Phi) is 37.4. The Morgan fingerprint density at radius 1 is 0.607 bits per heavy atom. The van der Waals surface area contributed by atoms with Gasteiger partial charge < -0.3 is 29.7 Å². The fourth-order valence-electron chi connectivity index (χ4n) is 5.12. The van der Waals surface area contributed by atoms with Crippen molar-refractivity contribution in [1.29, 1.82) is 0 Å². The van der Waals surface area contributed by atoms with Crippen molar-refractivity contribution in [3.63, 3.8) is 0 Å². The van der Waals surface area contributed by atoms with Gasteiger partial charge in [-0.15, -0.1) is 0 Å². The zero-order chi connectivity index (χ0) is 41.4. The Hall–Kier alpha value is -2.63. The predicted octanol–water partition coefficient (Wildman–Crippen LogP) is 9.86. The summed E-state index contributed by atoms with van der Waals surface area (Å²) in [6.45, 7) is 2.06. The maximum atomic E-state index is 12.6. The molecule has 0 saturated carbocycles. The molecule has 4 N–H and O–H groups in total. The lowest BCUT2D eigenvalue weighted by Gasteiger charge is -2.20. The second-order valence-corrected chi connectivity index (χ2v) is 15.3. The SMILES string of the molecule is CCCCC/C=C\C/C=C\C/C=C\C=C\[C@H](O)CCCC(=O)O[C@H](COC(=O)CCCCCCC/C=C\C/C=C\CCCCC)COP(=O)(O)OC[C@@H](O)CO. The predicted molar refractivity (Wildman–Crippen MR) is 225 cm³/mol. The number of phosphoric acid groups is 1. The number of hydrogen-bond acceptors (Lipinski definition) is 10. The summed E-state index contributed by atoms with van der Waals surface area (Å²) in [5.74, 6) is -1.15. The van der Waals surface area contributed by atoms with Crippen LogP contribution in [0.15, 0.2) is 72.9 Å². The lowest BCUT2D eigenvalue weighted by Crippen LogP contribution is -2.30. The van der Waals surface area contributed by atoms with Crippen LogP contribution in [0.5, 0.6) is 0 Å². The average Bonchev–Trinajstić information content (AvgIpc) is 3.18. The van der Waals surface area contributed by atoms with Crippen LogP contribution in [-0.2, 0) is 32.7 Å². The molecule has 0 radical (unpaired) electrons. The Morgan fingerprint density at radius 3 is 1.73 bits per heavy atom. The van der Waals surface area contributed by atoms with Gasteiger partial charge in [0.05, 0.1) is 25.9 Å². The van der Waals surface area contributed by atoms with Gasteiger partial charge in [-0.05, 0) is 77.0 Å². The van der Waals surface area contributed by atoms with Crippen molar-refractivity contribution in [2.75, 3.05) is 26.4 Å². The zero-order valence-corrected chi connectivity index (χ0v) is 35.3. The number of rotatable bonds is 38. The smallest absolute Gasteiger partial charge is 0.462 e. The van der Waals surface area contributed by atoms with Crippen LogP contribution in [0.1, 0.15) is 149 Å². The number of aliphatic hydroxyl groups excluding tert-OH is 3. The lowest BCUT2D eigenvalue weighted by molar-refractivity contribution is -0.161. The van der Waals surface area contributed by atoms with Gasteiger partial charge >= 0.3 is 19.8 Å². The van der Waals surface area contributed by atoms with Crippen LogP contribution in [0, 0.1) is 0 Å². The monoisotopic (exact) mass is 811 g/mol. The second kappa shape index (κ2) is 39.2. The molecule has 0 rings (SSSR count). The average molecular weight is 811 g/mol. The van der Waals surface area contributed by atoms with Gasteiger partial charge in [0.2, 0.25) is 0 Å². The van der Waals surface area contributed by atoms with Crippen LogP contribution >= 0.6 is 7.82 Å². The molecule has 4 atom stereocenters. The van der Waals surface area contributed by atoms with E-state index >= 15 is 0 Å². The first-order valence-corrected chi connectivity index (χ1v) is 22.5. The molecule has 0 amide bonds. The zero-order valence-electron chi connectivity index (χ0n) is 34.4. The van der Waals surface area contributed by atoms with E-state index in [1.165, 1.54) is 38.5 Å². The van der Waals surface area contributed by atoms with E-state index in [2.05, 4.69) is 67.0 Å². The third-order valence-corrected chi connectivity index (χ3v) is 9.39. The van der Waals surface area contributed by atoms with E-state index in [4.69, 9.17) is 19.1 Å². The summed E-state index contributed by atoms with van der Waals surface area (Å²) < 4.78 is 32.5. The maximum absolute atomic E-state index is 12.6. The molecule has 0 aliphatic heterocycles. The number of phosphoric ester groups is 1. The number of carbonyl (C=O) groups excluding carboxylic acids is 2. The molecule has 1 unspecified atom stereocenters. The van der Waals surface area contributed by atoms with Crippen molar-refractivity contribution < 1.29 is 52.9 Å². The van der Waals surface area contributed by atoms with Crippen LogP contribution in [0.4, 0.5) is 0 Å². The van der Waals surface area contributed by atoms with E-state index in [1.54, 1.807) is 12.2 Å². The Balaban J connectivity index is 4.57. The molecular weight excluding hydrogens is 735 g/mol. The maximum Gasteiger partial charge on any atom is 0.472 e. The molecule has 0 aromatic carbocycles. The number of hydrogen-bond donors (Lipinski definition) is 4. The Morgan fingerprint density at radius 2 is 1.12 bits per heavy atom. The van der Waals surface area contributed by atoms with Gasteiger partial charge in [0.1, 0.15) is 12.7 Å². The fourth-order valence-corrected chi connectivity index (χ4v) is 5.91. The highest BCUT2D eigenvalue weighted by Crippen LogP contribution is 2.43. The Bertz CT molecular complexity index is 1180. The molecule has 0 aromatic heterocycles. The minimum absolute atomic E-state index is 0.0506. The largest absolute Gasteiger partial charge is 0.472 e. The molecular formula is C44H75O11P. The molecule has 0 bridgehead atoms. The molecule has 0 heterocycles. The summed E-state index contributed by atoms with van der Waals surface area (Å²) in [5, 5.41) is 28.6. The van der Waals surface area contributed by atoms with Crippen LogP contribution in [0.3, 0.4) is 0 Å². The normalized spacial score (nSPS) is 15.2. The summed E-state index contributed by atoms with van der Waals surface area (Å²) in [5.41, 5.74) is 0. The van der Waals surface area contributed by atoms with Gasteiger partial charge in [-0.25, -0.2) is 4.57 Å². The second-order valence-electron chi connectivity index (χ2n) is 13.9. The van der Waals surface area contributed by atoms with E-state index < -0.39 is 64.5 Å². The highest BCUT2D eigenvalue weighted by molar-refractivity contribution is 7.47. The van der Waals surface area contributed by atoms with Crippen molar-refractivity contribution in [3.8, 4) is 0 Å². The summed E-state index contributed by atoms with van der Waals surface area (Å²) in [7, 11) is -4.68. The van der Waals surface area contributed by atoms with Gasteiger partial charge in [-0.1, -0.05) is 132 Å². The van der Waals surface area contributed by atoms with Crippen LogP contribution in [-0.4, -0.2) is 76.9 Å². The van der Waals surface area contributed by atoms with E-state index in [0.717, 1.165) is 64.2 Å². The number of aliphatic hydroxyl groups is 3. The van der Waals surface area contributed by atoms with Gasteiger partial charge in [0.25, 0.3) is 0 Å². The van der Waals surface area contributed by atoms with Crippen molar-refractivity contribution in [3.05, 3.63) is 72.9 Å². The quantitative estimate of drug-likeness (QED) is 0.0154. The van der Waals surface area contributed by atoms with Crippen molar-refractivity contribution in [1.82, 2.24) is 0 Å². The minimum atomic E-state index is -4.68. The molecule has 12 heteroatoms. The highest BCUT2D eigenvalue weighted by atomic mass is 31.2. The van der Waals surface area contributed by atoms with E-state index in [-0.39, 0.29) is 12.8 Å². The van der Waals surface area contributed by atoms with Crippen LogP contribution in [0.2, 0.25) is 0 Å². The van der Waals surface area contributed by atoms with Gasteiger partial charge in [-0.3, -0.25) is 18.6 Å². The lowest BCUT2D eigenvalue weighted by atomic mass is 10.1. The van der Waals surface area contributed by atoms with Crippen molar-refractivity contribution in [2.24, 2.45) is 0 Å². The standard InChI is InChI=1S/C44H75O11P/c1-3-5-7-9-11-13-15-17-18-20-22-24-26-28-30-34-43(48)52-38-42(39-54-56(50,51)53-37-41(47)36-45)55-44(49)35-31-33-40(46)32-29-27-25-23-21-19-16-14-12-10-8-6-4-2/h11-14,17-19,21,25,27,29,32,40-42,45-47H,3-10,15-16,20,22-24,26,28,30-31,33-39H2,1-2H3,(H,50,51)/b13-11-,14-12-,18-17-,21-19-,27-25-,32-29+/t40-,41-,42+/m0/s1. The third kappa shape index (κ3) is 38.3. The first-order chi connectivity index (χ1) is 27.1. The number of esters is 2. The van der Waals surface area contributed by atoms with E-state index in [0.29, 0.717) is 19.3 Å². The molecule has 0 aliphatic carbocycles. The van der Waals surface area contributed by atoms with E-state index in [9.17, 15) is 29.3 Å². The summed E-state index contributed by atoms with van der Waals surface area (Å²) >= 11 is 0. The van der Waals surface area contributed by atoms with Crippen molar-refractivity contribution in [2.45, 2.75) is 167 Å². The first kappa shape index (κ1) is 53.4. The molecule has 322 valence electrons. The summed E-state index contributed by atoms with van der Waals surface area (Å²) in [6.07, 6.45) is 40.4.